The summed E-state index contributed by atoms with van der Waals surface area (Å²) in [6.45, 7) is 0.0828. The van der Waals surface area contributed by atoms with Crippen LogP contribution < -0.4 is 15.0 Å². The number of ether oxygens (including phenoxy) is 2. The van der Waals surface area contributed by atoms with Gasteiger partial charge in [-0.3, -0.25) is 14.4 Å². The first kappa shape index (κ1) is 19.8. The minimum absolute atomic E-state index is 0.0828. The molecule has 3 aliphatic rings. The number of imide groups is 1. The Labute approximate surface area is 183 Å². The van der Waals surface area contributed by atoms with Gasteiger partial charge in [-0.2, -0.15) is 0 Å². The molecule has 7 nitrogen and oxygen atoms in total. The predicted molar refractivity (Wildman–Crippen MR) is 113 cm³/mol. The van der Waals surface area contributed by atoms with Crippen LogP contribution in [0.1, 0.15) is 10.4 Å². The minimum Gasteiger partial charge on any atom is -0.497 e. The number of carbonyl (C=O) groups is 3. The van der Waals surface area contributed by atoms with Gasteiger partial charge in [0.15, 0.2) is 0 Å². The Morgan fingerprint density at radius 1 is 1.13 bits per heavy atom. The van der Waals surface area contributed by atoms with Gasteiger partial charge < -0.3 is 14.8 Å². The highest BCUT2D eigenvalue weighted by molar-refractivity contribution is 6.31. The Kier molecular flexibility index (Phi) is 4.60. The molecular formula is C23H19ClN2O5. The van der Waals surface area contributed by atoms with Gasteiger partial charge >= 0.3 is 0 Å². The van der Waals surface area contributed by atoms with Gasteiger partial charge in [0.2, 0.25) is 11.8 Å². The molecule has 5 rings (SSSR count). The first-order valence-electron chi connectivity index (χ1n) is 9.86. The van der Waals surface area contributed by atoms with Crippen LogP contribution in [0.25, 0.3) is 0 Å². The molecule has 3 aliphatic heterocycles. The number of fused-ring (bicyclic) bond motifs is 5. The average Bonchev–Trinajstić information content (AvgIpc) is 3.43. The second kappa shape index (κ2) is 7.21. The summed E-state index contributed by atoms with van der Waals surface area (Å²) < 4.78 is 11.2. The second-order valence-corrected chi connectivity index (χ2v) is 8.24. The number of hydrogen-bond donors (Lipinski definition) is 1. The fourth-order valence-electron chi connectivity index (χ4n) is 4.61. The third-order valence-corrected chi connectivity index (χ3v) is 6.37. The van der Waals surface area contributed by atoms with Crippen molar-refractivity contribution in [3.63, 3.8) is 0 Å². The number of benzene rings is 2. The van der Waals surface area contributed by atoms with Crippen LogP contribution in [0.4, 0.5) is 5.69 Å². The maximum Gasteiger partial charge on any atom is 0.251 e. The Balaban J connectivity index is 1.37. The topological polar surface area (TPSA) is 84.9 Å². The highest BCUT2D eigenvalue weighted by Gasteiger charge is 2.67. The molecule has 158 valence electrons. The fourth-order valence-corrected chi connectivity index (χ4v) is 4.74. The predicted octanol–water partition coefficient (Wildman–Crippen LogP) is 2.59. The van der Waals surface area contributed by atoms with Gasteiger partial charge in [-0.05, 0) is 48.5 Å². The second-order valence-electron chi connectivity index (χ2n) is 7.80. The number of methoxy groups -OCH3 is 1. The molecular weight excluding hydrogens is 420 g/mol. The lowest BCUT2D eigenvalue weighted by molar-refractivity contribution is -0.126. The van der Waals surface area contributed by atoms with Crippen LogP contribution in [0.3, 0.4) is 0 Å². The van der Waals surface area contributed by atoms with Crippen LogP contribution in [0, 0.1) is 11.8 Å². The number of carbonyl (C=O) groups excluding carboxylic acids is 3. The van der Waals surface area contributed by atoms with E-state index in [1.54, 1.807) is 67.8 Å². The molecule has 2 aromatic rings. The molecule has 4 atom stereocenters. The van der Waals surface area contributed by atoms with Crippen molar-refractivity contribution in [2.24, 2.45) is 11.8 Å². The summed E-state index contributed by atoms with van der Waals surface area (Å²) in [5.74, 6) is -1.57. The molecule has 2 saturated heterocycles. The van der Waals surface area contributed by atoms with E-state index >= 15 is 0 Å². The molecule has 0 radical (unpaired) electrons. The lowest BCUT2D eigenvalue weighted by Crippen LogP contribution is -2.48. The van der Waals surface area contributed by atoms with Crippen molar-refractivity contribution in [2.75, 3.05) is 18.6 Å². The quantitative estimate of drug-likeness (QED) is 0.573. The van der Waals surface area contributed by atoms with Gasteiger partial charge in [0.05, 0.1) is 37.3 Å². The van der Waals surface area contributed by atoms with Crippen molar-refractivity contribution >= 4 is 35.0 Å². The number of nitrogens with zero attached hydrogens (tertiary/aromatic N) is 1. The number of rotatable bonds is 5. The Morgan fingerprint density at radius 3 is 2.52 bits per heavy atom. The summed E-state index contributed by atoms with van der Waals surface area (Å²) in [5, 5.41) is 3.37. The number of anilines is 1. The van der Waals surface area contributed by atoms with Crippen LogP contribution >= 0.6 is 11.6 Å². The van der Waals surface area contributed by atoms with E-state index in [0.717, 1.165) is 0 Å². The van der Waals surface area contributed by atoms with Crippen molar-refractivity contribution in [1.29, 1.82) is 0 Å². The molecule has 31 heavy (non-hydrogen) atoms. The third kappa shape index (κ3) is 3.04. The standard InChI is InChI=1S/C23H19ClN2O5/c1-30-16-8-2-13(3-9-16)20(27)25-12-23-11-10-17(31-23)18-19(23)22(29)26(21(18)28)15-6-4-14(24)5-7-15/h2-11,17-19H,12H2,1H3,(H,25,27)/t17-,18+,19+,23-/m1/s1. The minimum atomic E-state index is -1.05. The zero-order valence-corrected chi connectivity index (χ0v) is 17.3. The fraction of sp³-hybridized carbons (Fsp3) is 0.261. The molecule has 3 amide bonds. The molecule has 0 aliphatic carbocycles. The van der Waals surface area contributed by atoms with E-state index in [1.165, 1.54) is 4.90 Å². The summed E-state index contributed by atoms with van der Waals surface area (Å²) >= 11 is 5.94. The van der Waals surface area contributed by atoms with E-state index in [-0.39, 0.29) is 24.3 Å². The van der Waals surface area contributed by atoms with Crippen LogP contribution in [0.15, 0.2) is 60.7 Å². The number of halogens is 1. The maximum absolute atomic E-state index is 13.3. The summed E-state index contributed by atoms with van der Waals surface area (Å²) in [4.78, 5) is 40.2. The van der Waals surface area contributed by atoms with Crippen molar-refractivity contribution < 1.29 is 23.9 Å². The van der Waals surface area contributed by atoms with Gasteiger partial charge in [-0.15, -0.1) is 0 Å². The van der Waals surface area contributed by atoms with E-state index in [1.807, 2.05) is 0 Å². The molecule has 3 heterocycles. The third-order valence-electron chi connectivity index (χ3n) is 6.12. The number of amides is 3. The number of hydrogen-bond acceptors (Lipinski definition) is 5. The Bertz CT molecular complexity index is 1100. The molecule has 2 fully saturated rings. The van der Waals surface area contributed by atoms with Crippen LogP contribution in [-0.4, -0.2) is 43.1 Å². The summed E-state index contributed by atoms with van der Waals surface area (Å²) in [6.07, 6.45) is 3.11. The smallest absolute Gasteiger partial charge is 0.251 e. The van der Waals surface area contributed by atoms with Crippen molar-refractivity contribution in [3.05, 3.63) is 71.3 Å². The van der Waals surface area contributed by atoms with Crippen molar-refractivity contribution in [1.82, 2.24) is 5.32 Å². The van der Waals surface area contributed by atoms with Gasteiger partial charge in [0, 0.05) is 10.6 Å². The molecule has 0 spiro atoms. The highest BCUT2D eigenvalue weighted by Crippen LogP contribution is 2.52. The SMILES string of the molecule is COc1ccc(C(=O)NC[C@@]23C=C[C@@H](O2)[C@@H]2C(=O)N(c4ccc(Cl)cc4)C(=O)[C@H]23)cc1. The monoisotopic (exact) mass is 438 g/mol. The normalized spacial score (nSPS) is 28.2. The number of nitrogens with one attached hydrogen (secondary N) is 1. The Morgan fingerprint density at radius 2 is 1.84 bits per heavy atom. The van der Waals surface area contributed by atoms with E-state index in [4.69, 9.17) is 21.1 Å². The van der Waals surface area contributed by atoms with E-state index in [0.29, 0.717) is 22.0 Å². The highest BCUT2D eigenvalue weighted by atomic mass is 35.5. The molecule has 0 aromatic heterocycles. The van der Waals surface area contributed by atoms with Gasteiger partial charge in [-0.25, -0.2) is 4.90 Å². The van der Waals surface area contributed by atoms with E-state index in [9.17, 15) is 14.4 Å². The zero-order valence-electron chi connectivity index (χ0n) is 16.6. The van der Waals surface area contributed by atoms with Crippen LogP contribution in [0.2, 0.25) is 5.02 Å². The molecule has 2 bridgehead atoms. The lowest BCUT2D eigenvalue weighted by atomic mass is 9.77. The van der Waals surface area contributed by atoms with Crippen molar-refractivity contribution in [3.8, 4) is 5.75 Å². The summed E-state index contributed by atoms with van der Waals surface area (Å²) in [5.41, 5.74) is -0.113. The molecule has 8 heteroatoms. The van der Waals surface area contributed by atoms with Gasteiger partial charge in [0.25, 0.3) is 5.91 Å². The molecule has 1 N–H and O–H groups in total. The molecule has 0 unspecified atom stereocenters. The van der Waals surface area contributed by atoms with E-state index in [2.05, 4.69) is 5.32 Å². The van der Waals surface area contributed by atoms with Gasteiger partial charge in [-0.1, -0.05) is 23.8 Å². The molecule has 2 aromatic carbocycles. The zero-order chi connectivity index (χ0) is 21.8. The first-order chi connectivity index (χ1) is 14.9. The van der Waals surface area contributed by atoms with Crippen molar-refractivity contribution in [2.45, 2.75) is 11.7 Å². The van der Waals surface area contributed by atoms with Crippen LogP contribution in [-0.2, 0) is 14.3 Å². The maximum atomic E-state index is 13.3. The average molecular weight is 439 g/mol. The lowest BCUT2D eigenvalue weighted by Gasteiger charge is -2.29. The molecule has 0 saturated carbocycles. The Hall–Kier alpha value is -3.16. The van der Waals surface area contributed by atoms with E-state index < -0.39 is 23.5 Å². The van der Waals surface area contributed by atoms with Gasteiger partial charge in [0.1, 0.15) is 11.4 Å². The van der Waals surface area contributed by atoms with Crippen LogP contribution in [0.5, 0.6) is 5.75 Å². The summed E-state index contributed by atoms with van der Waals surface area (Å²) in [6, 6.07) is 13.3. The summed E-state index contributed by atoms with van der Waals surface area (Å²) in [7, 11) is 1.55. The first-order valence-corrected chi connectivity index (χ1v) is 10.2. The largest absolute Gasteiger partial charge is 0.497 e.